The Balaban J connectivity index is 2.20. The van der Waals surface area contributed by atoms with E-state index in [1.807, 2.05) is 0 Å². The summed E-state index contributed by atoms with van der Waals surface area (Å²) in [6.45, 7) is 6.85. The first-order chi connectivity index (χ1) is 7.63. The van der Waals surface area contributed by atoms with Crippen LogP contribution in [-0.2, 0) is 4.79 Å². The monoisotopic (exact) mass is 228 g/mol. The molecule has 1 heterocycles. The van der Waals surface area contributed by atoms with Crippen LogP contribution in [0.3, 0.4) is 0 Å². The third kappa shape index (κ3) is 4.49. The molecule has 0 aromatic heterocycles. The van der Waals surface area contributed by atoms with Gasteiger partial charge in [-0.2, -0.15) is 0 Å². The molecule has 1 aliphatic heterocycles. The molecule has 0 bridgehead atoms. The molecule has 2 N–H and O–H groups in total. The smallest absolute Gasteiger partial charge is 0.216 e. The van der Waals surface area contributed by atoms with Crippen LogP contribution in [-0.4, -0.2) is 48.2 Å². The van der Waals surface area contributed by atoms with Gasteiger partial charge in [-0.3, -0.25) is 4.79 Å². The Labute approximate surface area is 98.0 Å². The van der Waals surface area contributed by atoms with Crippen LogP contribution in [0.4, 0.5) is 0 Å². The molecule has 2 unspecified atom stereocenters. The van der Waals surface area contributed by atoms with Crippen LogP contribution in [0.5, 0.6) is 0 Å². The van der Waals surface area contributed by atoms with Gasteiger partial charge in [-0.15, -0.1) is 0 Å². The van der Waals surface area contributed by atoms with Gasteiger partial charge < -0.3 is 15.3 Å². The van der Waals surface area contributed by atoms with Crippen molar-refractivity contribution in [3.05, 3.63) is 0 Å². The van der Waals surface area contributed by atoms with Crippen molar-refractivity contribution in [3.8, 4) is 0 Å². The summed E-state index contributed by atoms with van der Waals surface area (Å²) in [7, 11) is 0. The molecule has 94 valence electrons. The first-order valence-corrected chi connectivity index (χ1v) is 6.22. The number of aliphatic hydroxyl groups excluding tert-OH is 1. The van der Waals surface area contributed by atoms with Crippen molar-refractivity contribution in [1.82, 2.24) is 10.2 Å². The molecule has 0 aliphatic carbocycles. The Hall–Kier alpha value is -0.610. The van der Waals surface area contributed by atoms with Gasteiger partial charge in [0.25, 0.3) is 0 Å². The SMILES string of the molecule is CC(=O)NCCCN1CC(CO)CCC1C. The van der Waals surface area contributed by atoms with Gasteiger partial charge >= 0.3 is 0 Å². The highest BCUT2D eigenvalue weighted by atomic mass is 16.3. The van der Waals surface area contributed by atoms with Crippen molar-refractivity contribution in [1.29, 1.82) is 0 Å². The molecule has 0 saturated carbocycles. The van der Waals surface area contributed by atoms with Crippen molar-refractivity contribution in [3.63, 3.8) is 0 Å². The molecule has 4 heteroatoms. The predicted octanol–water partition coefficient (Wildman–Crippen LogP) is 0.605. The second-order valence-corrected chi connectivity index (χ2v) is 4.81. The van der Waals surface area contributed by atoms with Crippen LogP contribution in [0.2, 0.25) is 0 Å². The molecule has 16 heavy (non-hydrogen) atoms. The van der Waals surface area contributed by atoms with E-state index in [-0.39, 0.29) is 5.91 Å². The molecule has 0 aromatic rings. The zero-order valence-corrected chi connectivity index (χ0v) is 10.4. The van der Waals surface area contributed by atoms with E-state index >= 15 is 0 Å². The predicted molar refractivity (Wildman–Crippen MR) is 64.1 cm³/mol. The number of likely N-dealkylation sites (tertiary alicyclic amines) is 1. The van der Waals surface area contributed by atoms with Crippen LogP contribution in [0.25, 0.3) is 0 Å². The molecule has 1 amide bonds. The Morgan fingerprint density at radius 3 is 2.88 bits per heavy atom. The first-order valence-electron chi connectivity index (χ1n) is 6.22. The van der Waals surface area contributed by atoms with E-state index in [1.165, 1.54) is 6.42 Å². The minimum Gasteiger partial charge on any atom is -0.396 e. The number of amides is 1. The summed E-state index contributed by atoms with van der Waals surface area (Å²) in [4.78, 5) is 13.1. The lowest BCUT2D eigenvalue weighted by atomic mass is 9.94. The normalized spacial score (nSPS) is 26.7. The molecule has 1 saturated heterocycles. The number of piperidine rings is 1. The number of nitrogens with one attached hydrogen (secondary N) is 1. The Bertz CT molecular complexity index is 221. The zero-order chi connectivity index (χ0) is 12.0. The van der Waals surface area contributed by atoms with Crippen LogP contribution in [0, 0.1) is 5.92 Å². The molecule has 0 aromatic carbocycles. The molecule has 0 spiro atoms. The third-order valence-electron chi connectivity index (χ3n) is 3.36. The van der Waals surface area contributed by atoms with Crippen LogP contribution < -0.4 is 5.32 Å². The Morgan fingerprint density at radius 2 is 2.25 bits per heavy atom. The highest BCUT2D eigenvalue weighted by molar-refractivity contribution is 5.72. The van der Waals surface area contributed by atoms with Crippen molar-refractivity contribution in [2.75, 3.05) is 26.2 Å². The van der Waals surface area contributed by atoms with Crippen molar-refractivity contribution in [2.24, 2.45) is 5.92 Å². The minimum absolute atomic E-state index is 0.0416. The lowest BCUT2D eigenvalue weighted by Gasteiger charge is -2.37. The van der Waals surface area contributed by atoms with Crippen molar-refractivity contribution >= 4 is 5.91 Å². The first kappa shape index (κ1) is 13.5. The molecule has 0 radical (unpaired) electrons. The molecule has 1 fully saturated rings. The summed E-state index contributed by atoms with van der Waals surface area (Å²) < 4.78 is 0. The maximum atomic E-state index is 10.7. The van der Waals surface area contributed by atoms with E-state index in [4.69, 9.17) is 5.11 Å². The molecule has 1 rings (SSSR count). The fourth-order valence-corrected chi connectivity index (χ4v) is 2.27. The van der Waals surface area contributed by atoms with Crippen LogP contribution >= 0.6 is 0 Å². The van der Waals surface area contributed by atoms with Crippen molar-refractivity contribution < 1.29 is 9.90 Å². The zero-order valence-electron chi connectivity index (χ0n) is 10.4. The second kappa shape index (κ2) is 6.86. The number of hydrogen-bond acceptors (Lipinski definition) is 3. The molecule has 2 atom stereocenters. The molecular weight excluding hydrogens is 204 g/mol. The Morgan fingerprint density at radius 1 is 1.50 bits per heavy atom. The van der Waals surface area contributed by atoms with E-state index < -0.39 is 0 Å². The quantitative estimate of drug-likeness (QED) is 0.678. The van der Waals surface area contributed by atoms with E-state index in [9.17, 15) is 4.79 Å². The third-order valence-corrected chi connectivity index (χ3v) is 3.36. The van der Waals surface area contributed by atoms with E-state index in [0.717, 1.165) is 32.5 Å². The second-order valence-electron chi connectivity index (χ2n) is 4.81. The lowest BCUT2D eigenvalue weighted by molar-refractivity contribution is -0.118. The fourth-order valence-electron chi connectivity index (χ4n) is 2.27. The number of hydrogen-bond donors (Lipinski definition) is 2. The summed E-state index contributed by atoms with van der Waals surface area (Å²) in [5.41, 5.74) is 0. The van der Waals surface area contributed by atoms with Gasteiger partial charge in [0.05, 0.1) is 0 Å². The average molecular weight is 228 g/mol. The van der Waals surface area contributed by atoms with Crippen LogP contribution in [0.1, 0.15) is 33.1 Å². The van der Waals surface area contributed by atoms with Gasteiger partial charge in [0.2, 0.25) is 5.91 Å². The molecule has 4 nitrogen and oxygen atoms in total. The number of nitrogens with zero attached hydrogens (tertiary/aromatic N) is 1. The maximum absolute atomic E-state index is 10.7. The minimum atomic E-state index is 0.0416. The van der Waals surface area contributed by atoms with Gasteiger partial charge in [0.1, 0.15) is 0 Å². The highest BCUT2D eigenvalue weighted by Gasteiger charge is 2.24. The summed E-state index contributed by atoms with van der Waals surface area (Å²) >= 11 is 0. The largest absolute Gasteiger partial charge is 0.396 e. The summed E-state index contributed by atoms with van der Waals surface area (Å²) in [6, 6.07) is 0.611. The van der Waals surface area contributed by atoms with Gasteiger partial charge in [-0.1, -0.05) is 0 Å². The fraction of sp³-hybridized carbons (Fsp3) is 0.917. The molecular formula is C12H24N2O2. The highest BCUT2D eigenvalue weighted by Crippen LogP contribution is 2.21. The van der Waals surface area contributed by atoms with Gasteiger partial charge in [-0.05, 0) is 32.1 Å². The Kier molecular flexibility index (Phi) is 5.77. The molecule has 1 aliphatic rings. The average Bonchev–Trinajstić information content (AvgIpc) is 2.26. The number of carbonyl (C=O) groups excluding carboxylic acids is 1. The van der Waals surface area contributed by atoms with E-state index in [0.29, 0.717) is 18.6 Å². The summed E-state index contributed by atoms with van der Waals surface area (Å²) in [5, 5.41) is 12.0. The standard InChI is InChI=1S/C12H24N2O2/c1-10-4-5-12(9-15)8-14(10)7-3-6-13-11(2)16/h10,12,15H,3-9H2,1-2H3,(H,13,16). The lowest BCUT2D eigenvalue weighted by Crippen LogP contribution is -2.43. The number of carbonyl (C=O) groups is 1. The maximum Gasteiger partial charge on any atom is 0.216 e. The van der Waals surface area contributed by atoms with Gasteiger partial charge in [-0.25, -0.2) is 0 Å². The van der Waals surface area contributed by atoms with E-state index in [1.54, 1.807) is 6.92 Å². The topological polar surface area (TPSA) is 52.6 Å². The number of aliphatic hydroxyl groups is 1. The summed E-state index contributed by atoms with van der Waals surface area (Å²) in [6.07, 6.45) is 3.30. The van der Waals surface area contributed by atoms with Gasteiger partial charge in [0.15, 0.2) is 0 Å². The number of rotatable bonds is 5. The van der Waals surface area contributed by atoms with E-state index in [2.05, 4.69) is 17.1 Å². The van der Waals surface area contributed by atoms with Crippen molar-refractivity contribution in [2.45, 2.75) is 39.2 Å². The summed E-state index contributed by atoms with van der Waals surface area (Å²) in [5.74, 6) is 0.483. The van der Waals surface area contributed by atoms with Crippen LogP contribution in [0.15, 0.2) is 0 Å². The van der Waals surface area contributed by atoms with Gasteiger partial charge in [0, 0.05) is 39.2 Å².